The fourth-order valence-electron chi connectivity index (χ4n) is 2.79. The molecule has 4 amide bonds. The number of nitrogens with one attached hydrogen (secondary N) is 2. The maximum atomic E-state index is 13.3. The van der Waals surface area contributed by atoms with Gasteiger partial charge in [0.2, 0.25) is 5.91 Å². The van der Waals surface area contributed by atoms with Gasteiger partial charge in [0, 0.05) is 6.54 Å². The van der Waals surface area contributed by atoms with Crippen LogP contribution in [0.1, 0.15) is 23.8 Å². The van der Waals surface area contributed by atoms with E-state index < -0.39 is 29.9 Å². The third-order valence-electron chi connectivity index (χ3n) is 4.30. The van der Waals surface area contributed by atoms with Gasteiger partial charge in [0.05, 0.1) is 6.26 Å². The molecule has 0 spiro atoms. The molecule has 1 fully saturated rings. The van der Waals surface area contributed by atoms with E-state index in [2.05, 4.69) is 10.6 Å². The Morgan fingerprint density at radius 2 is 2.12 bits per heavy atom. The summed E-state index contributed by atoms with van der Waals surface area (Å²) in [7, 11) is 0. The van der Waals surface area contributed by atoms with Crippen LogP contribution in [-0.2, 0) is 21.7 Å². The molecule has 0 aliphatic carbocycles. The summed E-state index contributed by atoms with van der Waals surface area (Å²) in [6.45, 7) is 2.90. The average Bonchev–Trinajstić information content (AvgIpc) is 3.21. The monoisotopic (exact) mass is 359 g/mol. The number of nitrogens with zero attached hydrogens (tertiary/aromatic N) is 1. The number of hydrogen-bond donors (Lipinski definition) is 2. The third kappa shape index (κ3) is 3.17. The topological polar surface area (TPSA) is 91.7 Å². The van der Waals surface area contributed by atoms with E-state index in [1.165, 1.54) is 19.3 Å². The first-order chi connectivity index (χ1) is 12.3. The first-order valence-corrected chi connectivity index (χ1v) is 8.01. The number of hydrogen-bond acceptors (Lipinski definition) is 4. The molecule has 1 aliphatic rings. The number of urea groups is 1. The highest BCUT2D eigenvalue weighted by Gasteiger charge is 2.51. The molecule has 1 atom stereocenters. The fraction of sp³-hybridized carbons (Fsp3) is 0.278. The van der Waals surface area contributed by atoms with Crippen LogP contribution >= 0.6 is 0 Å². The predicted octanol–water partition coefficient (Wildman–Crippen LogP) is 1.81. The molecule has 136 valence electrons. The second-order valence-corrected chi connectivity index (χ2v) is 6.28. The van der Waals surface area contributed by atoms with Crippen LogP contribution < -0.4 is 10.6 Å². The molecule has 0 saturated carbocycles. The van der Waals surface area contributed by atoms with E-state index in [0.29, 0.717) is 11.3 Å². The Labute approximate surface area is 149 Å². The van der Waals surface area contributed by atoms with Crippen molar-refractivity contribution in [1.82, 2.24) is 15.5 Å². The van der Waals surface area contributed by atoms with Gasteiger partial charge in [-0.2, -0.15) is 0 Å². The number of aryl methyl sites for hydroxylation is 1. The average molecular weight is 359 g/mol. The quantitative estimate of drug-likeness (QED) is 0.797. The van der Waals surface area contributed by atoms with Crippen LogP contribution in [-0.4, -0.2) is 29.3 Å². The van der Waals surface area contributed by atoms with Gasteiger partial charge in [-0.3, -0.25) is 14.5 Å². The van der Waals surface area contributed by atoms with Gasteiger partial charge in [0.25, 0.3) is 5.91 Å². The summed E-state index contributed by atoms with van der Waals surface area (Å²) in [5, 5.41) is 5.16. The molecule has 0 bridgehead atoms. The van der Waals surface area contributed by atoms with Crippen molar-refractivity contribution in [2.24, 2.45) is 0 Å². The van der Waals surface area contributed by atoms with Crippen molar-refractivity contribution < 1.29 is 23.2 Å². The van der Waals surface area contributed by atoms with Gasteiger partial charge in [-0.1, -0.05) is 12.1 Å². The Bertz CT molecular complexity index is 865. The van der Waals surface area contributed by atoms with Crippen LogP contribution in [0.5, 0.6) is 0 Å². The number of furan rings is 1. The molecule has 2 heterocycles. The number of benzene rings is 1. The lowest BCUT2D eigenvalue weighted by Gasteiger charge is -2.18. The van der Waals surface area contributed by atoms with Crippen molar-refractivity contribution in [2.75, 3.05) is 6.54 Å². The standard InChI is InChI=1S/C18H18FN3O4/c1-11-8-12(5-6-13(11)19)9-20-15(23)10-22-16(24)18(2,21-17(22)25)14-4-3-7-26-14/h3-8H,9-10H2,1-2H3,(H,20,23)(H,21,25). The summed E-state index contributed by atoms with van der Waals surface area (Å²) in [6.07, 6.45) is 1.40. The number of halogens is 1. The Balaban J connectivity index is 1.63. The molecule has 2 N–H and O–H groups in total. The minimum Gasteiger partial charge on any atom is -0.466 e. The van der Waals surface area contributed by atoms with E-state index in [-0.39, 0.29) is 12.4 Å². The molecule has 0 radical (unpaired) electrons. The number of carbonyl (C=O) groups is 3. The van der Waals surface area contributed by atoms with Crippen molar-refractivity contribution in [3.05, 3.63) is 59.3 Å². The Morgan fingerprint density at radius 1 is 1.35 bits per heavy atom. The highest BCUT2D eigenvalue weighted by Crippen LogP contribution is 2.28. The van der Waals surface area contributed by atoms with E-state index in [9.17, 15) is 18.8 Å². The third-order valence-corrected chi connectivity index (χ3v) is 4.30. The molecule has 26 heavy (non-hydrogen) atoms. The summed E-state index contributed by atoms with van der Waals surface area (Å²) in [4.78, 5) is 37.7. The zero-order valence-electron chi connectivity index (χ0n) is 14.3. The van der Waals surface area contributed by atoms with E-state index in [1.807, 2.05) is 0 Å². The normalized spacial score (nSPS) is 19.6. The van der Waals surface area contributed by atoms with Gasteiger partial charge in [-0.25, -0.2) is 9.18 Å². The van der Waals surface area contributed by atoms with Crippen LogP contribution in [0, 0.1) is 12.7 Å². The zero-order chi connectivity index (χ0) is 18.9. The first kappa shape index (κ1) is 17.7. The Hall–Kier alpha value is -3.16. The van der Waals surface area contributed by atoms with Gasteiger partial charge >= 0.3 is 6.03 Å². The van der Waals surface area contributed by atoms with E-state index in [0.717, 1.165) is 10.5 Å². The smallest absolute Gasteiger partial charge is 0.325 e. The molecule has 1 aromatic carbocycles. The van der Waals surface area contributed by atoms with Crippen LogP contribution in [0.2, 0.25) is 0 Å². The number of amides is 4. The molecule has 1 unspecified atom stereocenters. The summed E-state index contributed by atoms with van der Waals surface area (Å²) in [5.74, 6) is -1.10. The highest BCUT2D eigenvalue weighted by atomic mass is 19.1. The maximum absolute atomic E-state index is 13.3. The zero-order valence-corrected chi connectivity index (χ0v) is 14.3. The summed E-state index contributed by atoms with van der Waals surface area (Å²) < 4.78 is 18.5. The van der Waals surface area contributed by atoms with Crippen molar-refractivity contribution in [3.63, 3.8) is 0 Å². The number of imide groups is 1. The second-order valence-electron chi connectivity index (χ2n) is 6.28. The molecule has 3 rings (SSSR count). The maximum Gasteiger partial charge on any atom is 0.325 e. The van der Waals surface area contributed by atoms with Gasteiger partial charge in [0.1, 0.15) is 18.1 Å². The predicted molar refractivity (Wildman–Crippen MR) is 89.3 cm³/mol. The number of rotatable bonds is 5. The first-order valence-electron chi connectivity index (χ1n) is 8.01. The van der Waals surface area contributed by atoms with Crippen molar-refractivity contribution in [3.8, 4) is 0 Å². The Morgan fingerprint density at radius 3 is 2.77 bits per heavy atom. The fourth-order valence-corrected chi connectivity index (χ4v) is 2.79. The molecular weight excluding hydrogens is 341 g/mol. The summed E-state index contributed by atoms with van der Waals surface area (Å²) in [5.41, 5.74) is -0.149. The van der Waals surface area contributed by atoms with Crippen LogP contribution in [0.4, 0.5) is 9.18 Å². The molecule has 7 nitrogen and oxygen atoms in total. The summed E-state index contributed by atoms with van der Waals surface area (Å²) >= 11 is 0. The lowest BCUT2D eigenvalue weighted by molar-refractivity contribution is -0.135. The van der Waals surface area contributed by atoms with Gasteiger partial charge < -0.3 is 15.1 Å². The molecule has 1 aromatic heterocycles. The lowest BCUT2D eigenvalue weighted by Crippen LogP contribution is -2.43. The van der Waals surface area contributed by atoms with E-state index >= 15 is 0 Å². The van der Waals surface area contributed by atoms with Crippen LogP contribution in [0.3, 0.4) is 0 Å². The van der Waals surface area contributed by atoms with Crippen molar-refractivity contribution >= 4 is 17.8 Å². The van der Waals surface area contributed by atoms with Gasteiger partial charge in [-0.05, 0) is 43.2 Å². The number of carbonyl (C=O) groups excluding carboxylic acids is 3. The molecule has 2 aromatic rings. The second kappa shape index (κ2) is 6.62. The van der Waals surface area contributed by atoms with Crippen molar-refractivity contribution in [2.45, 2.75) is 25.9 Å². The van der Waals surface area contributed by atoms with Gasteiger partial charge in [0.15, 0.2) is 5.54 Å². The molecular formula is C18H18FN3O4. The summed E-state index contributed by atoms with van der Waals surface area (Å²) in [6, 6.07) is 7.03. The van der Waals surface area contributed by atoms with Crippen molar-refractivity contribution in [1.29, 1.82) is 0 Å². The molecule has 8 heteroatoms. The van der Waals surface area contributed by atoms with Crippen LogP contribution in [0.15, 0.2) is 41.0 Å². The Kier molecular flexibility index (Phi) is 4.50. The van der Waals surface area contributed by atoms with Crippen LogP contribution in [0.25, 0.3) is 0 Å². The molecule has 1 saturated heterocycles. The lowest BCUT2D eigenvalue weighted by atomic mass is 9.99. The minimum absolute atomic E-state index is 0.166. The SMILES string of the molecule is Cc1cc(CNC(=O)CN2C(=O)NC(C)(c3ccco3)C2=O)ccc1F. The largest absolute Gasteiger partial charge is 0.466 e. The molecule has 1 aliphatic heterocycles. The minimum atomic E-state index is -1.34. The van der Waals surface area contributed by atoms with E-state index in [4.69, 9.17) is 4.42 Å². The highest BCUT2D eigenvalue weighted by molar-refractivity contribution is 6.08. The van der Waals surface area contributed by atoms with Gasteiger partial charge in [-0.15, -0.1) is 0 Å². The van der Waals surface area contributed by atoms with E-state index in [1.54, 1.807) is 31.2 Å².